The summed E-state index contributed by atoms with van der Waals surface area (Å²) >= 11 is 0. The predicted octanol–water partition coefficient (Wildman–Crippen LogP) is 12.3. The average Bonchev–Trinajstić information content (AvgIpc) is 3.47. The van der Waals surface area contributed by atoms with Crippen LogP contribution in [0.1, 0.15) is 45.9 Å². The molecule has 1 heterocycles. The maximum atomic E-state index is 6.65. The van der Waals surface area contributed by atoms with Crippen LogP contribution in [-0.2, 0) is 10.8 Å². The van der Waals surface area contributed by atoms with Gasteiger partial charge in [0.15, 0.2) is 0 Å². The van der Waals surface area contributed by atoms with Gasteiger partial charge in [0.25, 0.3) is 0 Å². The third-order valence-corrected chi connectivity index (χ3v) is 11.3. The van der Waals surface area contributed by atoms with Crippen LogP contribution >= 0.6 is 0 Å². The normalized spacial score (nSPS) is 18.4. The Morgan fingerprint density at radius 2 is 0.920 bits per heavy atom. The first-order valence-corrected chi connectivity index (χ1v) is 17.4. The molecule has 0 saturated carbocycles. The van der Waals surface area contributed by atoms with Gasteiger partial charge in [-0.05, 0) is 92.0 Å². The van der Waals surface area contributed by atoms with Gasteiger partial charge in [0.1, 0.15) is 11.5 Å². The minimum Gasteiger partial charge on any atom is -0.457 e. The zero-order chi connectivity index (χ0) is 33.3. The topological polar surface area (TPSA) is 9.23 Å². The Morgan fingerprint density at radius 1 is 0.360 bits per heavy atom. The largest absolute Gasteiger partial charge is 0.457 e. The van der Waals surface area contributed by atoms with Gasteiger partial charge in [0.2, 0.25) is 0 Å². The van der Waals surface area contributed by atoms with Crippen molar-refractivity contribution in [3.05, 3.63) is 227 Å². The Kier molecular flexibility index (Phi) is 6.29. The molecule has 8 aromatic rings. The van der Waals surface area contributed by atoms with E-state index in [0.717, 1.165) is 22.6 Å². The highest BCUT2D eigenvalue weighted by molar-refractivity contribution is 5.96. The molecule has 0 amide bonds. The fourth-order valence-electron chi connectivity index (χ4n) is 8.87. The second-order valence-corrected chi connectivity index (χ2v) is 13.8. The van der Waals surface area contributed by atoms with Crippen LogP contribution in [0.5, 0.6) is 11.5 Å². The second-order valence-electron chi connectivity index (χ2n) is 13.8. The maximum absolute atomic E-state index is 6.65. The summed E-state index contributed by atoms with van der Waals surface area (Å²) in [7, 11) is 0. The van der Waals surface area contributed by atoms with Crippen molar-refractivity contribution < 1.29 is 4.74 Å². The summed E-state index contributed by atoms with van der Waals surface area (Å²) in [5, 5.41) is 2.52. The molecule has 0 radical (unpaired) electrons. The molecular formula is C49H34O. The number of para-hydroxylation sites is 1. The van der Waals surface area contributed by atoms with Crippen LogP contribution in [0, 0.1) is 0 Å². The van der Waals surface area contributed by atoms with Crippen molar-refractivity contribution in [2.75, 3.05) is 0 Å². The van der Waals surface area contributed by atoms with Crippen LogP contribution in [0.4, 0.5) is 0 Å². The van der Waals surface area contributed by atoms with E-state index in [0.29, 0.717) is 0 Å². The molecule has 0 fully saturated rings. The molecule has 236 valence electrons. The molecule has 2 atom stereocenters. The van der Waals surface area contributed by atoms with E-state index >= 15 is 0 Å². The molecule has 1 aliphatic heterocycles. The lowest BCUT2D eigenvalue weighted by atomic mass is 9.67. The quantitative estimate of drug-likeness (QED) is 0.186. The summed E-state index contributed by atoms with van der Waals surface area (Å²) in [4.78, 5) is 0. The maximum Gasteiger partial charge on any atom is 0.132 e. The Labute approximate surface area is 293 Å². The molecule has 0 saturated heterocycles. The van der Waals surface area contributed by atoms with Crippen LogP contribution in [0.2, 0.25) is 0 Å². The number of hydrogen-bond acceptors (Lipinski definition) is 1. The van der Waals surface area contributed by atoms with E-state index < -0.39 is 5.41 Å². The molecule has 0 bridgehead atoms. The smallest absolute Gasteiger partial charge is 0.132 e. The van der Waals surface area contributed by atoms with Gasteiger partial charge in [-0.3, -0.25) is 0 Å². The first-order chi connectivity index (χ1) is 24.7. The Hall–Kier alpha value is -6.18. The van der Waals surface area contributed by atoms with Crippen molar-refractivity contribution >= 4 is 10.8 Å². The SMILES string of the molecule is CC1(c2ccccc2)c2ccccc2Oc2cc(-c3ccc(C4(c5ccccc5)c5ccccc5-c5cc6ccccc6cc54)cc3)ccc21. The van der Waals surface area contributed by atoms with Gasteiger partial charge < -0.3 is 4.74 Å². The van der Waals surface area contributed by atoms with E-state index in [1.165, 1.54) is 60.8 Å². The Balaban J connectivity index is 1.13. The Bertz CT molecular complexity index is 2570. The molecule has 2 aliphatic rings. The van der Waals surface area contributed by atoms with E-state index in [-0.39, 0.29) is 5.41 Å². The minimum atomic E-state index is -0.448. The summed E-state index contributed by atoms with van der Waals surface area (Å²) in [6.07, 6.45) is 0. The highest BCUT2D eigenvalue weighted by atomic mass is 16.5. The van der Waals surface area contributed by atoms with Gasteiger partial charge in [0.05, 0.1) is 5.41 Å². The van der Waals surface area contributed by atoms with Gasteiger partial charge in [0, 0.05) is 16.5 Å². The molecule has 0 spiro atoms. The fraction of sp³-hybridized carbons (Fsp3) is 0.0612. The van der Waals surface area contributed by atoms with Crippen LogP contribution in [0.15, 0.2) is 188 Å². The number of fused-ring (bicyclic) bond motifs is 6. The standard InChI is InChI=1S/C49H34O/c1-48(37-16-4-2-5-17-37)43-22-12-13-23-46(43)50-47-32-36(26-29-44(47)48)33-24-27-39(28-25-33)49(38-18-6-3-7-19-38)42-21-11-10-20-40(42)41-30-34-14-8-9-15-35(34)31-45(41)49/h2-32H,1H3. The fourth-order valence-corrected chi connectivity index (χ4v) is 8.87. The highest BCUT2D eigenvalue weighted by Gasteiger charge is 2.46. The van der Waals surface area contributed by atoms with E-state index in [1.807, 2.05) is 0 Å². The lowest BCUT2D eigenvalue weighted by Gasteiger charge is -2.38. The van der Waals surface area contributed by atoms with Gasteiger partial charge in [-0.1, -0.05) is 164 Å². The van der Waals surface area contributed by atoms with Crippen molar-refractivity contribution in [2.45, 2.75) is 17.8 Å². The van der Waals surface area contributed by atoms with Crippen molar-refractivity contribution in [1.82, 2.24) is 0 Å². The number of rotatable bonds is 4. The van der Waals surface area contributed by atoms with E-state index in [2.05, 4.69) is 195 Å². The van der Waals surface area contributed by atoms with Crippen LogP contribution in [0.3, 0.4) is 0 Å². The monoisotopic (exact) mass is 638 g/mol. The average molecular weight is 639 g/mol. The first-order valence-electron chi connectivity index (χ1n) is 17.4. The molecule has 1 heteroatoms. The zero-order valence-corrected chi connectivity index (χ0v) is 27.8. The second kappa shape index (κ2) is 10.9. The molecule has 2 unspecified atom stereocenters. The summed E-state index contributed by atoms with van der Waals surface area (Å²) in [5.41, 5.74) is 12.9. The van der Waals surface area contributed by atoms with Gasteiger partial charge in [-0.2, -0.15) is 0 Å². The molecular weight excluding hydrogens is 605 g/mol. The summed E-state index contributed by atoms with van der Waals surface area (Å²) < 4.78 is 6.65. The first kappa shape index (κ1) is 28.8. The van der Waals surface area contributed by atoms with Gasteiger partial charge in [-0.25, -0.2) is 0 Å². The van der Waals surface area contributed by atoms with E-state index in [1.54, 1.807) is 0 Å². The number of benzene rings is 8. The molecule has 0 aromatic heterocycles. The summed E-state index contributed by atoms with van der Waals surface area (Å²) in [6.45, 7) is 2.32. The van der Waals surface area contributed by atoms with Crippen LogP contribution < -0.4 is 4.74 Å². The predicted molar refractivity (Wildman–Crippen MR) is 205 cm³/mol. The summed E-state index contributed by atoms with van der Waals surface area (Å²) in [6, 6.07) is 68.8. The van der Waals surface area contributed by atoms with E-state index in [9.17, 15) is 0 Å². The zero-order valence-electron chi connectivity index (χ0n) is 27.8. The van der Waals surface area contributed by atoms with Crippen molar-refractivity contribution in [1.29, 1.82) is 0 Å². The Morgan fingerprint density at radius 3 is 1.68 bits per heavy atom. The molecule has 0 N–H and O–H groups in total. The number of ether oxygens (including phenoxy) is 1. The third-order valence-electron chi connectivity index (χ3n) is 11.3. The molecule has 1 aliphatic carbocycles. The molecule has 8 aromatic carbocycles. The lowest BCUT2D eigenvalue weighted by molar-refractivity contribution is 0.427. The highest BCUT2D eigenvalue weighted by Crippen LogP contribution is 2.57. The molecule has 1 nitrogen and oxygen atoms in total. The van der Waals surface area contributed by atoms with Crippen LogP contribution in [-0.4, -0.2) is 0 Å². The minimum absolute atomic E-state index is 0.330. The van der Waals surface area contributed by atoms with Crippen molar-refractivity contribution in [2.24, 2.45) is 0 Å². The van der Waals surface area contributed by atoms with Crippen molar-refractivity contribution in [3.8, 4) is 33.8 Å². The third kappa shape index (κ3) is 4.01. The van der Waals surface area contributed by atoms with Gasteiger partial charge >= 0.3 is 0 Å². The van der Waals surface area contributed by atoms with Crippen LogP contribution in [0.25, 0.3) is 33.0 Å². The lowest BCUT2D eigenvalue weighted by Crippen LogP contribution is -2.29. The molecule has 50 heavy (non-hydrogen) atoms. The molecule has 10 rings (SSSR count). The summed E-state index contributed by atoms with van der Waals surface area (Å²) in [5.74, 6) is 1.82. The van der Waals surface area contributed by atoms with Gasteiger partial charge in [-0.15, -0.1) is 0 Å². The number of hydrogen-bond donors (Lipinski definition) is 0. The van der Waals surface area contributed by atoms with E-state index in [4.69, 9.17) is 4.74 Å². The van der Waals surface area contributed by atoms with Crippen molar-refractivity contribution in [3.63, 3.8) is 0 Å².